The number of hydrogen-bond donors (Lipinski definition) is 0. The summed E-state index contributed by atoms with van der Waals surface area (Å²) in [6.07, 6.45) is 9.66. The average molecular weight is 317 g/mol. The highest BCUT2D eigenvalue weighted by Gasteiger charge is 2.43. The molecule has 2 atom stereocenters. The molecule has 2 aliphatic heterocycles. The van der Waals surface area contributed by atoms with Crippen molar-refractivity contribution in [3.63, 3.8) is 0 Å². The van der Waals surface area contributed by atoms with Crippen LogP contribution in [-0.2, 0) is 22.6 Å². The maximum atomic E-state index is 6.44. The van der Waals surface area contributed by atoms with Crippen LogP contribution in [0.5, 0.6) is 0 Å². The van der Waals surface area contributed by atoms with E-state index in [9.17, 15) is 0 Å². The average Bonchev–Trinajstić information content (AvgIpc) is 3.25. The molecule has 0 radical (unpaired) electrons. The molecular formula is C17H23N3O3. The highest BCUT2D eigenvalue weighted by molar-refractivity contribution is 5.06. The summed E-state index contributed by atoms with van der Waals surface area (Å²) in [6.45, 7) is 4.98. The Labute approximate surface area is 136 Å². The molecule has 0 saturated carbocycles. The van der Waals surface area contributed by atoms with Crippen molar-refractivity contribution < 1.29 is 13.9 Å². The van der Waals surface area contributed by atoms with E-state index in [-0.39, 0.29) is 11.7 Å². The van der Waals surface area contributed by atoms with E-state index in [1.807, 2.05) is 35.5 Å². The number of hydrogen-bond acceptors (Lipinski definition) is 5. The number of aromatic nitrogens is 2. The Morgan fingerprint density at radius 2 is 2.39 bits per heavy atom. The summed E-state index contributed by atoms with van der Waals surface area (Å²) in [5.41, 5.74) is 1.02. The number of nitrogens with zero attached hydrogens (tertiary/aromatic N) is 3. The highest BCUT2D eigenvalue weighted by Crippen LogP contribution is 2.34. The summed E-state index contributed by atoms with van der Waals surface area (Å²) < 4.78 is 19.4. The molecule has 6 nitrogen and oxygen atoms in total. The van der Waals surface area contributed by atoms with Gasteiger partial charge in [0.15, 0.2) is 0 Å². The van der Waals surface area contributed by atoms with Crippen LogP contribution < -0.4 is 0 Å². The van der Waals surface area contributed by atoms with Gasteiger partial charge in [0.2, 0.25) is 0 Å². The zero-order valence-electron chi connectivity index (χ0n) is 13.3. The minimum absolute atomic E-state index is 0.182. The molecule has 4 rings (SSSR count). The summed E-state index contributed by atoms with van der Waals surface area (Å²) in [6, 6.07) is 3.97. The van der Waals surface area contributed by atoms with Crippen LogP contribution in [-0.4, -0.2) is 52.7 Å². The van der Waals surface area contributed by atoms with E-state index in [1.54, 1.807) is 6.26 Å². The summed E-state index contributed by atoms with van der Waals surface area (Å²) in [5.74, 6) is 0. The van der Waals surface area contributed by atoms with Crippen molar-refractivity contribution >= 4 is 0 Å². The second-order valence-electron chi connectivity index (χ2n) is 6.58. The van der Waals surface area contributed by atoms with Crippen molar-refractivity contribution in [3.8, 4) is 0 Å². The Balaban J connectivity index is 1.40. The second kappa shape index (κ2) is 6.47. The van der Waals surface area contributed by atoms with Gasteiger partial charge in [-0.05, 0) is 25.0 Å². The molecule has 2 aromatic rings. The molecule has 6 heteroatoms. The molecule has 0 bridgehead atoms. The van der Waals surface area contributed by atoms with E-state index < -0.39 is 0 Å². The fraction of sp³-hybridized carbons (Fsp3) is 0.588. The molecule has 0 aromatic carbocycles. The largest absolute Gasteiger partial charge is 0.472 e. The van der Waals surface area contributed by atoms with Crippen LogP contribution in [0.3, 0.4) is 0 Å². The quantitative estimate of drug-likeness (QED) is 0.862. The van der Waals surface area contributed by atoms with E-state index in [1.165, 1.54) is 5.56 Å². The molecule has 2 aliphatic rings. The second-order valence-corrected chi connectivity index (χ2v) is 6.58. The van der Waals surface area contributed by atoms with E-state index >= 15 is 0 Å². The Bertz CT molecular complexity index is 599. The molecular weight excluding hydrogens is 294 g/mol. The van der Waals surface area contributed by atoms with Gasteiger partial charge >= 0.3 is 0 Å². The number of ether oxygens (including phenoxy) is 2. The van der Waals surface area contributed by atoms with Crippen molar-refractivity contribution in [3.05, 3.63) is 42.6 Å². The van der Waals surface area contributed by atoms with Gasteiger partial charge in [-0.2, -0.15) is 5.10 Å². The third kappa shape index (κ3) is 3.49. The molecule has 0 N–H and O–H groups in total. The molecule has 2 unspecified atom stereocenters. The van der Waals surface area contributed by atoms with Crippen LogP contribution in [0, 0.1) is 0 Å². The number of rotatable bonds is 4. The first-order valence-corrected chi connectivity index (χ1v) is 8.28. The first-order valence-electron chi connectivity index (χ1n) is 8.28. The minimum atomic E-state index is -0.182. The van der Waals surface area contributed by atoms with E-state index in [2.05, 4.69) is 10.00 Å². The number of furan rings is 1. The summed E-state index contributed by atoms with van der Waals surface area (Å²) >= 11 is 0. The fourth-order valence-corrected chi connectivity index (χ4v) is 3.62. The molecule has 1 spiro atoms. The lowest BCUT2D eigenvalue weighted by molar-refractivity contribution is -0.0904. The first-order chi connectivity index (χ1) is 11.3. The molecule has 23 heavy (non-hydrogen) atoms. The van der Waals surface area contributed by atoms with E-state index in [0.717, 1.165) is 45.6 Å². The Morgan fingerprint density at radius 3 is 3.22 bits per heavy atom. The summed E-state index contributed by atoms with van der Waals surface area (Å²) in [7, 11) is 0. The molecule has 0 amide bonds. The van der Waals surface area contributed by atoms with Gasteiger partial charge in [0.1, 0.15) is 5.60 Å². The summed E-state index contributed by atoms with van der Waals surface area (Å²) in [4.78, 5) is 2.41. The smallest absolute Gasteiger partial charge is 0.105 e. The van der Waals surface area contributed by atoms with E-state index in [4.69, 9.17) is 13.9 Å². The van der Waals surface area contributed by atoms with Crippen molar-refractivity contribution in [2.75, 3.05) is 26.3 Å². The van der Waals surface area contributed by atoms with Gasteiger partial charge in [-0.25, -0.2) is 0 Å². The van der Waals surface area contributed by atoms with Crippen molar-refractivity contribution in [1.29, 1.82) is 0 Å². The van der Waals surface area contributed by atoms with Gasteiger partial charge < -0.3 is 13.9 Å². The third-order valence-electron chi connectivity index (χ3n) is 4.70. The normalized spacial score (nSPS) is 29.1. The lowest BCUT2D eigenvalue weighted by atomic mass is 10.00. The maximum Gasteiger partial charge on any atom is 0.105 e. The fourth-order valence-electron chi connectivity index (χ4n) is 3.62. The maximum absolute atomic E-state index is 6.44. The topological polar surface area (TPSA) is 52.7 Å². The zero-order chi connectivity index (χ0) is 15.5. The van der Waals surface area contributed by atoms with Crippen molar-refractivity contribution in [1.82, 2.24) is 14.7 Å². The Morgan fingerprint density at radius 1 is 1.39 bits per heavy atom. The Hall–Kier alpha value is -1.63. The van der Waals surface area contributed by atoms with Gasteiger partial charge in [-0.15, -0.1) is 0 Å². The first kappa shape index (κ1) is 14.9. The lowest BCUT2D eigenvalue weighted by Crippen LogP contribution is -2.44. The molecule has 0 aliphatic carbocycles. The van der Waals surface area contributed by atoms with Gasteiger partial charge in [-0.1, -0.05) is 0 Å². The van der Waals surface area contributed by atoms with E-state index in [0.29, 0.717) is 6.61 Å². The van der Waals surface area contributed by atoms with Gasteiger partial charge in [0.05, 0.1) is 38.4 Å². The molecule has 2 aromatic heterocycles. The zero-order valence-corrected chi connectivity index (χ0v) is 13.3. The summed E-state index contributed by atoms with van der Waals surface area (Å²) in [5, 5.41) is 4.28. The molecule has 124 valence electrons. The van der Waals surface area contributed by atoms with Gasteiger partial charge in [0, 0.05) is 37.6 Å². The van der Waals surface area contributed by atoms with Crippen LogP contribution >= 0.6 is 0 Å². The minimum Gasteiger partial charge on any atom is -0.472 e. The van der Waals surface area contributed by atoms with Crippen LogP contribution in [0.4, 0.5) is 0 Å². The van der Waals surface area contributed by atoms with Crippen molar-refractivity contribution in [2.45, 2.75) is 37.6 Å². The van der Waals surface area contributed by atoms with Crippen molar-refractivity contribution in [2.24, 2.45) is 0 Å². The molecule has 4 heterocycles. The SMILES string of the molecule is c1cnn(CC2CCC3(COCCN(Cc4ccoc4)C3)O2)c1. The van der Waals surface area contributed by atoms with Crippen LogP contribution in [0.25, 0.3) is 0 Å². The van der Waals surface area contributed by atoms with Crippen LogP contribution in [0.1, 0.15) is 18.4 Å². The Kier molecular flexibility index (Phi) is 4.20. The highest BCUT2D eigenvalue weighted by atomic mass is 16.6. The van der Waals surface area contributed by atoms with Gasteiger partial charge in [-0.3, -0.25) is 9.58 Å². The molecule has 2 fully saturated rings. The lowest BCUT2D eigenvalue weighted by Gasteiger charge is -2.31. The third-order valence-corrected chi connectivity index (χ3v) is 4.70. The predicted molar refractivity (Wildman–Crippen MR) is 83.9 cm³/mol. The van der Waals surface area contributed by atoms with Gasteiger partial charge in [0.25, 0.3) is 0 Å². The van der Waals surface area contributed by atoms with Crippen LogP contribution in [0.15, 0.2) is 41.5 Å². The molecule has 2 saturated heterocycles. The standard InChI is InChI=1S/C17H23N3O3/c1-5-18-20(6-1)11-16-2-4-17(23-16)13-19(7-9-22-14-17)10-15-3-8-21-12-15/h1,3,5-6,8,12,16H,2,4,7,9-11,13-14H2. The monoisotopic (exact) mass is 317 g/mol. The van der Waals surface area contributed by atoms with Crippen LogP contribution in [0.2, 0.25) is 0 Å². The predicted octanol–water partition coefficient (Wildman–Crippen LogP) is 1.93.